The molecule has 4 aliphatic carbocycles. The van der Waals surface area contributed by atoms with Crippen molar-refractivity contribution in [2.75, 3.05) is 13.2 Å². The first-order chi connectivity index (χ1) is 14.5. The number of hydrogen-bond acceptors (Lipinski definition) is 5. The van der Waals surface area contributed by atoms with E-state index in [0.29, 0.717) is 11.8 Å². The van der Waals surface area contributed by atoms with Gasteiger partial charge in [0, 0.05) is 30.6 Å². The van der Waals surface area contributed by atoms with E-state index < -0.39 is 11.9 Å². The monoisotopic (exact) mass is 432 g/mol. The third kappa shape index (κ3) is 3.17. The Morgan fingerprint density at radius 3 is 2.39 bits per heavy atom. The highest BCUT2D eigenvalue weighted by atomic mass is 16.7. The minimum atomic E-state index is -0.490. The summed E-state index contributed by atoms with van der Waals surface area (Å²) in [5.74, 6) is 0.427. The molecule has 5 rings (SSSR count). The lowest BCUT2D eigenvalue weighted by Crippen LogP contribution is -2.61. The second-order valence-corrected chi connectivity index (χ2v) is 12.4. The minimum absolute atomic E-state index is 0.0448. The predicted octanol–water partition coefficient (Wildman–Crippen LogP) is 4.62. The molecule has 174 valence electrons. The second kappa shape index (κ2) is 7.04. The standard InChI is InChI=1S/C26H40O5/c1-16(27)31-18-6-9-24(4)17(12-18)13-21(28)22-19(24)7-10-25(5)20(22)8-11-26(25)29-14-23(2,3)15-30-26/h13,18-22,28H,6-12,14-15H2,1-5H3/t18-,19-,20-,21?,22+,24-,25-/m0/s1. The minimum Gasteiger partial charge on any atom is -0.462 e. The van der Waals surface area contributed by atoms with Gasteiger partial charge < -0.3 is 19.3 Å². The van der Waals surface area contributed by atoms with Gasteiger partial charge in [0.2, 0.25) is 0 Å². The maximum atomic E-state index is 11.5. The topological polar surface area (TPSA) is 65.0 Å². The molecule has 1 N–H and O–H groups in total. The Morgan fingerprint density at radius 2 is 1.71 bits per heavy atom. The molecule has 1 spiro atoms. The van der Waals surface area contributed by atoms with Crippen LogP contribution in [0.2, 0.25) is 0 Å². The van der Waals surface area contributed by atoms with E-state index in [0.717, 1.165) is 58.2 Å². The number of fused-ring (bicyclic) bond motifs is 6. The van der Waals surface area contributed by atoms with Gasteiger partial charge >= 0.3 is 5.97 Å². The Balaban J connectivity index is 1.43. The van der Waals surface area contributed by atoms with Gasteiger partial charge in [-0.15, -0.1) is 0 Å². The summed E-state index contributed by atoms with van der Waals surface area (Å²) in [6.45, 7) is 12.1. The molecule has 7 atom stereocenters. The summed E-state index contributed by atoms with van der Waals surface area (Å²) in [5, 5.41) is 11.4. The molecular formula is C26H40O5. The normalized spacial score (nSPS) is 47.7. The molecule has 1 heterocycles. The van der Waals surface area contributed by atoms with Crippen molar-refractivity contribution in [3.8, 4) is 0 Å². The Morgan fingerprint density at radius 1 is 1.03 bits per heavy atom. The molecule has 0 aromatic rings. The zero-order chi connectivity index (χ0) is 22.2. The first-order valence-electron chi connectivity index (χ1n) is 12.3. The Labute approximate surface area is 186 Å². The Hall–Kier alpha value is -0.910. The third-order valence-electron chi connectivity index (χ3n) is 9.85. The van der Waals surface area contributed by atoms with Crippen molar-refractivity contribution >= 4 is 5.97 Å². The van der Waals surface area contributed by atoms with Crippen LogP contribution >= 0.6 is 0 Å². The van der Waals surface area contributed by atoms with Crippen molar-refractivity contribution in [1.82, 2.24) is 0 Å². The third-order valence-corrected chi connectivity index (χ3v) is 9.85. The van der Waals surface area contributed by atoms with E-state index in [1.54, 1.807) is 0 Å². The van der Waals surface area contributed by atoms with Crippen LogP contribution < -0.4 is 0 Å². The molecule has 5 heteroatoms. The summed E-state index contributed by atoms with van der Waals surface area (Å²) in [5.41, 5.74) is 1.41. The molecule has 1 saturated heterocycles. The summed E-state index contributed by atoms with van der Waals surface area (Å²) < 4.78 is 18.6. The van der Waals surface area contributed by atoms with Crippen molar-refractivity contribution in [3.05, 3.63) is 11.6 Å². The summed E-state index contributed by atoms with van der Waals surface area (Å²) >= 11 is 0. The van der Waals surface area contributed by atoms with Gasteiger partial charge in [-0.2, -0.15) is 0 Å². The molecule has 0 aromatic carbocycles. The van der Waals surface area contributed by atoms with Crippen molar-refractivity contribution in [2.45, 2.75) is 97.6 Å². The Bertz CT molecular complexity index is 777. The number of aliphatic hydroxyl groups is 1. The van der Waals surface area contributed by atoms with Gasteiger partial charge in [-0.1, -0.05) is 39.3 Å². The van der Waals surface area contributed by atoms with Gasteiger partial charge in [-0.05, 0) is 55.3 Å². The molecule has 0 bridgehead atoms. The molecule has 0 radical (unpaired) electrons. The van der Waals surface area contributed by atoms with Crippen molar-refractivity contribution < 1.29 is 24.1 Å². The molecule has 4 fully saturated rings. The number of aliphatic hydroxyl groups excluding tert-OH is 1. The van der Waals surface area contributed by atoms with Crippen molar-refractivity contribution in [3.63, 3.8) is 0 Å². The number of carbonyl (C=O) groups is 1. The van der Waals surface area contributed by atoms with Crippen molar-refractivity contribution in [2.24, 2.45) is 34.0 Å². The highest BCUT2D eigenvalue weighted by molar-refractivity contribution is 5.66. The molecule has 0 amide bonds. The lowest BCUT2D eigenvalue weighted by Gasteiger charge is -2.61. The van der Waals surface area contributed by atoms with Crippen LogP contribution in [0.1, 0.15) is 79.6 Å². The maximum absolute atomic E-state index is 11.5. The van der Waals surface area contributed by atoms with E-state index in [9.17, 15) is 9.90 Å². The first-order valence-corrected chi connectivity index (χ1v) is 12.3. The lowest BCUT2D eigenvalue weighted by molar-refractivity contribution is -0.347. The highest BCUT2D eigenvalue weighted by Crippen LogP contribution is 2.68. The van der Waals surface area contributed by atoms with E-state index >= 15 is 0 Å². The first kappa shape index (κ1) is 21.9. The fourth-order valence-corrected chi connectivity index (χ4v) is 8.09. The fraction of sp³-hybridized carbons (Fsp3) is 0.885. The number of rotatable bonds is 1. The Kier molecular flexibility index (Phi) is 4.98. The van der Waals surface area contributed by atoms with Crippen LogP contribution in [0.5, 0.6) is 0 Å². The smallest absolute Gasteiger partial charge is 0.302 e. The van der Waals surface area contributed by atoms with Crippen LogP contribution in [0.4, 0.5) is 0 Å². The summed E-state index contributed by atoms with van der Waals surface area (Å²) in [6.07, 6.45) is 8.52. The van der Waals surface area contributed by atoms with E-state index in [1.165, 1.54) is 12.5 Å². The van der Waals surface area contributed by atoms with Gasteiger partial charge in [0.05, 0.1) is 19.3 Å². The zero-order valence-electron chi connectivity index (χ0n) is 19.9. The summed E-state index contributed by atoms with van der Waals surface area (Å²) in [7, 11) is 0. The molecule has 1 unspecified atom stereocenters. The fourth-order valence-electron chi connectivity index (χ4n) is 8.09. The zero-order valence-corrected chi connectivity index (χ0v) is 19.9. The molecule has 5 nitrogen and oxygen atoms in total. The van der Waals surface area contributed by atoms with Gasteiger partial charge in [-0.25, -0.2) is 0 Å². The SMILES string of the molecule is CC(=O)O[C@H]1CC[C@@]2(C)C(=CC(O)[C@@H]3[C@@H]2CC[C@@]2(C)[C@H]3CCC23OCC(C)(C)CO3)C1. The quantitative estimate of drug-likeness (QED) is 0.484. The number of carbonyl (C=O) groups excluding carboxylic acids is 1. The molecule has 3 saturated carbocycles. The number of hydrogen-bond donors (Lipinski definition) is 1. The molecule has 31 heavy (non-hydrogen) atoms. The maximum Gasteiger partial charge on any atom is 0.302 e. The lowest BCUT2D eigenvalue weighted by atomic mass is 9.47. The summed E-state index contributed by atoms with van der Waals surface area (Å²) in [6, 6.07) is 0. The largest absolute Gasteiger partial charge is 0.462 e. The molecule has 1 aliphatic heterocycles. The molecular weight excluding hydrogens is 392 g/mol. The van der Waals surface area contributed by atoms with Gasteiger partial charge in [0.15, 0.2) is 5.79 Å². The van der Waals surface area contributed by atoms with E-state index in [4.69, 9.17) is 14.2 Å². The van der Waals surface area contributed by atoms with Crippen LogP contribution in [0, 0.1) is 34.0 Å². The van der Waals surface area contributed by atoms with Crippen LogP contribution in [0.3, 0.4) is 0 Å². The number of ether oxygens (including phenoxy) is 3. The summed E-state index contributed by atoms with van der Waals surface area (Å²) in [4.78, 5) is 11.5. The van der Waals surface area contributed by atoms with Crippen LogP contribution in [0.15, 0.2) is 11.6 Å². The predicted molar refractivity (Wildman–Crippen MR) is 117 cm³/mol. The second-order valence-electron chi connectivity index (χ2n) is 12.4. The average molecular weight is 433 g/mol. The van der Waals surface area contributed by atoms with Gasteiger partial charge in [-0.3, -0.25) is 4.79 Å². The highest BCUT2D eigenvalue weighted by Gasteiger charge is 2.68. The van der Waals surface area contributed by atoms with E-state index in [1.807, 2.05) is 0 Å². The van der Waals surface area contributed by atoms with E-state index in [-0.39, 0.29) is 34.2 Å². The van der Waals surface area contributed by atoms with Crippen LogP contribution in [-0.2, 0) is 19.0 Å². The average Bonchev–Trinajstić information content (AvgIpc) is 2.98. The van der Waals surface area contributed by atoms with Gasteiger partial charge in [0.1, 0.15) is 6.10 Å². The number of esters is 1. The van der Waals surface area contributed by atoms with Gasteiger partial charge in [0.25, 0.3) is 0 Å². The molecule has 5 aliphatic rings. The van der Waals surface area contributed by atoms with E-state index in [2.05, 4.69) is 33.8 Å². The van der Waals surface area contributed by atoms with Crippen LogP contribution in [-0.4, -0.2) is 42.3 Å². The molecule has 0 aromatic heterocycles. The van der Waals surface area contributed by atoms with Crippen LogP contribution in [0.25, 0.3) is 0 Å². The van der Waals surface area contributed by atoms with Crippen molar-refractivity contribution in [1.29, 1.82) is 0 Å².